The molecule has 0 atom stereocenters. The maximum Gasteiger partial charge on any atom is 0.325 e. The van der Waals surface area contributed by atoms with Crippen molar-refractivity contribution in [3.8, 4) is 11.5 Å². The summed E-state index contributed by atoms with van der Waals surface area (Å²) >= 11 is 0. The van der Waals surface area contributed by atoms with Crippen LogP contribution in [0.2, 0.25) is 0 Å². The molecule has 0 aromatic carbocycles. The smallest absolute Gasteiger partial charge is 0.325 e. The Hall–Kier alpha value is -1.91. The number of aromatic nitrogens is 3. The number of fused-ring (bicyclic) bond motifs is 2. The minimum absolute atomic E-state index is 0.378. The van der Waals surface area contributed by atoms with Crippen LogP contribution in [0.1, 0.15) is 0 Å². The lowest BCUT2D eigenvalue weighted by Gasteiger charge is -1.91. The molecule has 1 aromatic heterocycles. The molecule has 0 aliphatic carbocycles. The van der Waals surface area contributed by atoms with Crippen LogP contribution in [-0.4, -0.2) is 15.4 Å². The molecule has 12 heavy (non-hydrogen) atoms. The second-order valence-electron chi connectivity index (χ2n) is 2.42. The zero-order chi connectivity index (χ0) is 7.97. The zero-order valence-electron chi connectivity index (χ0n) is 5.89. The monoisotopic (exact) mass is 161 g/mol. The maximum absolute atomic E-state index is 5.22. The molecule has 5 nitrogen and oxygen atoms in total. The van der Waals surface area contributed by atoms with Crippen LogP contribution in [0.4, 0.5) is 0 Å². The molecular weight excluding hydrogens is 158 g/mol. The number of rotatable bonds is 0. The van der Waals surface area contributed by atoms with Gasteiger partial charge in [0, 0.05) is 0 Å². The van der Waals surface area contributed by atoms with Crippen LogP contribution < -0.4 is 0 Å². The number of nitrogens with zero attached hydrogens (tertiary/aromatic N) is 3. The summed E-state index contributed by atoms with van der Waals surface area (Å²) in [7, 11) is 0. The molecular formula is C7H3N3O2. The molecule has 3 heterocycles. The largest absolute Gasteiger partial charge is 0.403 e. The van der Waals surface area contributed by atoms with Crippen molar-refractivity contribution in [1.29, 1.82) is 0 Å². The van der Waals surface area contributed by atoms with Crippen molar-refractivity contribution >= 4 is 11.2 Å². The maximum atomic E-state index is 5.22. The summed E-state index contributed by atoms with van der Waals surface area (Å²) in [6.45, 7) is 0. The van der Waals surface area contributed by atoms with Gasteiger partial charge in [0.1, 0.15) is 0 Å². The summed E-state index contributed by atoms with van der Waals surface area (Å²) in [4.78, 5) is 0. The van der Waals surface area contributed by atoms with Crippen molar-refractivity contribution in [3.05, 3.63) is 18.5 Å². The molecule has 58 valence electrons. The van der Waals surface area contributed by atoms with E-state index in [2.05, 4.69) is 15.4 Å². The SMILES string of the molecule is c1nnc2oc3oncc3cc1-2. The first kappa shape index (κ1) is 5.70. The van der Waals surface area contributed by atoms with Crippen LogP contribution in [0.3, 0.4) is 0 Å². The van der Waals surface area contributed by atoms with Crippen molar-refractivity contribution in [1.82, 2.24) is 15.4 Å². The zero-order valence-corrected chi connectivity index (χ0v) is 5.89. The third kappa shape index (κ3) is 0.597. The van der Waals surface area contributed by atoms with E-state index in [-0.39, 0.29) is 0 Å². The summed E-state index contributed by atoms with van der Waals surface area (Å²) in [5.74, 6) is 0.849. The summed E-state index contributed by atoms with van der Waals surface area (Å²) in [6, 6.07) is 1.87. The summed E-state index contributed by atoms with van der Waals surface area (Å²) in [6.07, 6.45) is 3.22. The molecule has 0 saturated heterocycles. The Labute approximate surface area is 66.3 Å². The second kappa shape index (κ2) is 1.82. The first-order valence-corrected chi connectivity index (χ1v) is 3.39. The van der Waals surface area contributed by atoms with Gasteiger partial charge in [0.05, 0.1) is 23.3 Å². The first-order valence-electron chi connectivity index (χ1n) is 3.39. The van der Waals surface area contributed by atoms with Gasteiger partial charge in [0.15, 0.2) is 0 Å². The second-order valence-corrected chi connectivity index (χ2v) is 2.42. The van der Waals surface area contributed by atoms with Crippen molar-refractivity contribution in [3.63, 3.8) is 0 Å². The molecule has 2 aliphatic rings. The standard InChI is InChI=1S/C7H3N3O2/c1-4-2-8-10-6(4)11-7-5(1)3-9-12-7/h1-3H. The van der Waals surface area contributed by atoms with E-state index in [1.54, 1.807) is 12.4 Å². The van der Waals surface area contributed by atoms with E-state index in [0.717, 1.165) is 10.9 Å². The van der Waals surface area contributed by atoms with Crippen LogP contribution in [0.5, 0.6) is 0 Å². The fraction of sp³-hybridized carbons (Fsp3) is 0. The minimum Gasteiger partial charge on any atom is -0.403 e. The molecule has 0 radical (unpaired) electrons. The van der Waals surface area contributed by atoms with Crippen molar-refractivity contribution in [2.75, 3.05) is 0 Å². The lowest BCUT2D eigenvalue weighted by molar-refractivity contribution is 0.386. The molecule has 0 N–H and O–H groups in total. The van der Waals surface area contributed by atoms with Crippen LogP contribution in [0.15, 0.2) is 27.4 Å². The average molecular weight is 161 g/mol. The van der Waals surface area contributed by atoms with Gasteiger partial charge in [-0.2, -0.15) is 5.10 Å². The molecule has 3 rings (SSSR count). The molecule has 0 unspecified atom stereocenters. The summed E-state index contributed by atoms with van der Waals surface area (Å²) in [5.41, 5.74) is 0.852. The Bertz CT molecular complexity index is 456. The molecule has 5 heteroatoms. The third-order valence-electron chi connectivity index (χ3n) is 1.66. The van der Waals surface area contributed by atoms with E-state index in [4.69, 9.17) is 8.94 Å². The number of hydrogen-bond acceptors (Lipinski definition) is 5. The highest BCUT2D eigenvalue weighted by atomic mass is 16.5. The van der Waals surface area contributed by atoms with Gasteiger partial charge in [-0.25, -0.2) is 0 Å². The Kier molecular flexibility index (Phi) is 0.864. The molecule has 0 bridgehead atoms. The van der Waals surface area contributed by atoms with E-state index < -0.39 is 0 Å². The highest BCUT2D eigenvalue weighted by Crippen LogP contribution is 2.25. The summed E-state index contributed by atoms with van der Waals surface area (Å²) < 4.78 is 10.0. The van der Waals surface area contributed by atoms with E-state index >= 15 is 0 Å². The van der Waals surface area contributed by atoms with Crippen molar-refractivity contribution < 1.29 is 8.94 Å². The molecule has 0 saturated carbocycles. The van der Waals surface area contributed by atoms with E-state index in [1.807, 2.05) is 6.07 Å². The van der Waals surface area contributed by atoms with Gasteiger partial charge in [0.2, 0.25) is 0 Å². The van der Waals surface area contributed by atoms with E-state index in [0.29, 0.717) is 11.7 Å². The van der Waals surface area contributed by atoms with Crippen molar-refractivity contribution in [2.45, 2.75) is 0 Å². The normalized spacial score (nSPS) is 11.3. The van der Waals surface area contributed by atoms with Crippen LogP contribution in [0.25, 0.3) is 22.6 Å². The van der Waals surface area contributed by atoms with Gasteiger partial charge in [-0.3, -0.25) is 0 Å². The van der Waals surface area contributed by atoms with E-state index in [9.17, 15) is 0 Å². The molecule has 0 spiro atoms. The quantitative estimate of drug-likeness (QED) is 0.497. The lowest BCUT2D eigenvalue weighted by Crippen LogP contribution is -1.74. The molecule has 2 aliphatic heterocycles. The van der Waals surface area contributed by atoms with Crippen LogP contribution >= 0.6 is 0 Å². The molecule has 1 aromatic rings. The average Bonchev–Trinajstić information content (AvgIpc) is 2.64. The van der Waals surface area contributed by atoms with Gasteiger partial charge < -0.3 is 8.94 Å². The lowest BCUT2D eigenvalue weighted by atomic mass is 10.2. The minimum atomic E-state index is 0.378. The highest BCUT2D eigenvalue weighted by molar-refractivity contribution is 5.76. The predicted molar refractivity (Wildman–Crippen MR) is 38.5 cm³/mol. The van der Waals surface area contributed by atoms with E-state index in [1.165, 1.54) is 0 Å². The van der Waals surface area contributed by atoms with Gasteiger partial charge in [-0.1, -0.05) is 5.16 Å². The highest BCUT2D eigenvalue weighted by Gasteiger charge is 2.11. The Morgan fingerprint density at radius 2 is 2.25 bits per heavy atom. The van der Waals surface area contributed by atoms with Gasteiger partial charge in [0.25, 0.3) is 5.89 Å². The summed E-state index contributed by atoms with van der Waals surface area (Å²) in [5, 5.41) is 11.8. The molecule has 0 amide bonds. The predicted octanol–water partition coefficient (Wildman–Crippen LogP) is 1.32. The van der Waals surface area contributed by atoms with Gasteiger partial charge in [-0.05, 0) is 6.07 Å². The van der Waals surface area contributed by atoms with Gasteiger partial charge >= 0.3 is 5.78 Å². The van der Waals surface area contributed by atoms with Crippen LogP contribution in [0, 0.1) is 0 Å². The Morgan fingerprint density at radius 3 is 3.25 bits per heavy atom. The van der Waals surface area contributed by atoms with Crippen molar-refractivity contribution in [2.24, 2.45) is 0 Å². The van der Waals surface area contributed by atoms with Crippen LogP contribution in [-0.2, 0) is 0 Å². The Balaban J connectivity index is 2.56. The number of hydrogen-bond donors (Lipinski definition) is 0. The third-order valence-corrected chi connectivity index (χ3v) is 1.66. The Morgan fingerprint density at radius 1 is 1.25 bits per heavy atom. The first-order chi connectivity index (χ1) is 5.93. The topological polar surface area (TPSA) is 65.0 Å². The molecule has 0 fully saturated rings. The fourth-order valence-corrected chi connectivity index (χ4v) is 1.10. The van der Waals surface area contributed by atoms with Gasteiger partial charge in [-0.15, -0.1) is 5.10 Å². The fourth-order valence-electron chi connectivity index (χ4n) is 1.10.